The Morgan fingerprint density at radius 1 is 1.30 bits per heavy atom. The fourth-order valence-electron chi connectivity index (χ4n) is 1.14. The minimum absolute atomic E-state index is 0.422. The highest BCUT2D eigenvalue weighted by atomic mass is 79.9. The molecule has 0 unspecified atom stereocenters. The van der Waals surface area contributed by atoms with Crippen molar-refractivity contribution in [3.05, 3.63) is 27.7 Å². The Morgan fingerprint density at radius 3 is 2.60 bits per heavy atom. The number of amides is 3. The highest BCUT2D eigenvalue weighted by Gasteiger charge is 2.10. The van der Waals surface area contributed by atoms with Crippen LogP contribution in [0.2, 0.25) is 5.02 Å². The van der Waals surface area contributed by atoms with Crippen molar-refractivity contribution in [1.82, 2.24) is 5.32 Å². The van der Waals surface area contributed by atoms with Gasteiger partial charge in [0.15, 0.2) is 0 Å². The van der Waals surface area contributed by atoms with Crippen LogP contribution in [-0.2, 0) is 14.3 Å². The molecule has 1 aromatic carbocycles. The van der Waals surface area contributed by atoms with Gasteiger partial charge >= 0.3 is 12.0 Å². The molecule has 0 heterocycles. The Hall–Kier alpha value is -1.64. The molecule has 3 N–H and O–H groups in total. The van der Waals surface area contributed by atoms with Crippen LogP contribution in [0, 0.1) is 0 Å². The third-order valence-electron chi connectivity index (χ3n) is 1.89. The van der Waals surface area contributed by atoms with E-state index < -0.39 is 31.1 Å². The molecule has 0 spiro atoms. The molecule has 0 saturated heterocycles. The maximum Gasteiger partial charge on any atom is 0.329 e. The van der Waals surface area contributed by atoms with Crippen molar-refractivity contribution in [2.75, 3.05) is 18.5 Å². The number of carboxylic acid groups (broad SMARTS) is 1. The molecular weight excluding hydrogens is 355 g/mol. The molecule has 20 heavy (non-hydrogen) atoms. The minimum atomic E-state index is -1.20. The van der Waals surface area contributed by atoms with E-state index in [1.807, 2.05) is 5.32 Å². The molecule has 1 aromatic rings. The van der Waals surface area contributed by atoms with Crippen LogP contribution >= 0.6 is 27.5 Å². The lowest BCUT2D eigenvalue weighted by atomic mass is 10.3. The number of urea groups is 1. The average Bonchev–Trinajstić information content (AvgIpc) is 2.32. The van der Waals surface area contributed by atoms with Gasteiger partial charge in [-0.25, -0.2) is 9.59 Å². The van der Waals surface area contributed by atoms with Gasteiger partial charge in [-0.2, -0.15) is 0 Å². The average molecular weight is 366 g/mol. The molecule has 0 aromatic heterocycles. The number of carbonyl (C=O) groups is 3. The van der Waals surface area contributed by atoms with Gasteiger partial charge < -0.3 is 15.2 Å². The monoisotopic (exact) mass is 364 g/mol. The molecule has 0 atom stereocenters. The zero-order valence-electron chi connectivity index (χ0n) is 9.98. The summed E-state index contributed by atoms with van der Waals surface area (Å²) in [6.07, 6.45) is 0. The second kappa shape index (κ2) is 7.83. The number of hydrogen-bond acceptors (Lipinski definition) is 4. The number of halogens is 2. The summed E-state index contributed by atoms with van der Waals surface area (Å²) in [6.45, 7) is -1.14. The first-order valence-electron chi connectivity index (χ1n) is 5.24. The van der Waals surface area contributed by atoms with E-state index in [9.17, 15) is 14.4 Å². The number of hydrogen-bond donors (Lipinski definition) is 3. The number of anilines is 1. The largest absolute Gasteiger partial charge is 0.480 e. The number of aliphatic carboxylic acids is 1. The first-order valence-corrected chi connectivity index (χ1v) is 6.41. The topological polar surface area (TPSA) is 105 Å². The first kappa shape index (κ1) is 16.4. The summed E-state index contributed by atoms with van der Waals surface area (Å²) in [5, 5.41) is 13.2. The van der Waals surface area contributed by atoms with Crippen LogP contribution in [0.1, 0.15) is 0 Å². The Kier molecular flexibility index (Phi) is 6.43. The van der Waals surface area contributed by atoms with Crippen molar-refractivity contribution < 1.29 is 24.2 Å². The summed E-state index contributed by atoms with van der Waals surface area (Å²) in [6, 6.07) is 3.93. The van der Waals surface area contributed by atoms with E-state index in [4.69, 9.17) is 16.7 Å². The molecule has 7 nitrogen and oxygen atoms in total. The van der Waals surface area contributed by atoms with Gasteiger partial charge in [-0.15, -0.1) is 0 Å². The van der Waals surface area contributed by atoms with Crippen LogP contribution in [0.3, 0.4) is 0 Å². The molecule has 0 radical (unpaired) electrons. The van der Waals surface area contributed by atoms with E-state index in [0.29, 0.717) is 15.2 Å². The lowest BCUT2D eigenvalue weighted by Gasteiger charge is -2.08. The van der Waals surface area contributed by atoms with Gasteiger partial charge in [0, 0.05) is 9.50 Å². The minimum Gasteiger partial charge on any atom is -0.480 e. The molecule has 0 aliphatic rings. The highest BCUT2D eigenvalue weighted by molar-refractivity contribution is 9.10. The van der Waals surface area contributed by atoms with Gasteiger partial charge in [0.2, 0.25) is 0 Å². The smallest absolute Gasteiger partial charge is 0.329 e. The number of imide groups is 1. The Balaban J connectivity index is 2.43. The molecule has 0 bridgehead atoms. The summed E-state index contributed by atoms with van der Waals surface area (Å²) in [5.74, 6) is -1.96. The molecule has 0 aliphatic carbocycles. The number of carboxylic acids is 1. The SMILES string of the molecule is O=C(O)COCC(=O)NC(=O)Nc1ccc(Cl)cc1Br. The highest BCUT2D eigenvalue weighted by Crippen LogP contribution is 2.25. The van der Waals surface area contributed by atoms with Crippen LogP contribution in [0.15, 0.2) is 22.7 Å². The number of nitrogens with one attached hydrogen (secondary N) is 2. The number of benzene rings is 1. The van der Waals surface area contributed by atoms with Gasteiger partial charge in [0.05, 0.1) is 5.69 Å². The molecule has 3 amide bonds. The number of rotatable bonds is 5. The maximum atomic E-state index is 11.5. The Labute approximate surface area is 127 Å². The maximum absolute atomic E-state index is 11.5. The first-order chi connectivity index (χ1) is 9.38. The van der Waals surface area contributed by atoms with Crippen LogP contribution in [0.25, 0.3) is 0 Å². The van der Waals surface area contributed by atoms with Gasteiger partial charge in [-0.3, -0.25) is 10.1 Å². The van der Waals surface area contributed by atoms with Gasteiger partial charge in [0.25, 0.3) is 5.91 Å². The lowest BCUT2D eigenvalue weighted by molar-refractivity contribution is -0.143. The van der Waals surface area contributed by atoms with Crippen molar-refractivity contribution in [2.45, 2.75) is 0 Å². The summed E-state index contributed by atoms with van der Waals surface area (Å²) >= 11 is 8.94. The van der Waals surface area contributed by atoms with Crippen LogP contribution in [0.4, 0.5) is 10.5 Å². The zero-order chi connectivity index (χ0) is 15.1. The normalized spacial score (nSPS) is 9.90. The van der Waals surface area contributed by atoms with Crippen molar-refractivity contribution in [3.63, 3.8) is 0 Å². The molecule has 108 valence electrons. The van der Waals surface area contributed by atoms with E-state index in [0.717, 1.165) is 0 Å². The predicted molar refractivity (Wildman–Crippen MR) is 74.8 cm³/mol. The standard InChI is InChI=1S/C11H10BrClN2O5/c12-7-3-6(13)1-2-8(7)14-11(19)15-9(16)4-20-5-10(17)18/h1-3H,4-5H2,(H,17,18)(H2,14,15,16,19). The lowest BCUT2D eigenvalue weighted by Crippen LogP contribution is -2.37. The Bertz CT molecular complexity index is 538. The third kappa shape index (κ3) is 6.00. The Morgan fingerprint density at radius 2 is 2.00 bits per heavy atom. The molecule has 9 heteroatoms. The van der Waals surface area contributed by atoms with Crippen molar-refractivity contribution in [1.29, 1.82) is 0 Å². The summed E-state index contributed by atoms with van der Waals surface area (Å²) < 4.78 is 5.08. The van der Waals surface area contributed by atoms with Crippen LogP contribution in [0.5, 0.6) is 0 Å². The van der Waals surface area contributed by atoms with E-state index in [2.05, 4.69) is 26.0 Å². The number of ether oxygens (including phenoxy) is 1. The fraction of sp³-hybridized carbons (Fsp3) is 0.182. The molecule has 0 saturated carbocycles. The summed E-state index contributed by atoms with van der Waals surface area (Å²) in [4.78, 5) is 32.9. The van der Waals surface area contributed by atoms with Crippen molar-refractivity contribution in [2.24, 2.45) is 0 Å². The fourth-order valence-corrected chi connectivity index (χ4v) is 1.92. The van der Waals surface area contributed by atoms with Crippen molar-refractivity contribution in [3.8, 4) is 0 Å². The van der Waals surface area contributed by atoms with Crippen LogP contribution < -0.4 is 10.6 Å². The molecule has 0 aliphatic heterocycles. The third-order valence-corrected chi connectivity index (χ3v) is 2.78. The van der Waals surface area contributed by atoms with E-state index in [1.165, 1.54) is 0 Å². The molecule has 0 fully saturated rings. The zero-order valence-corrected chi connectivity index (χ0v) is 12.3. The van der Waals surface area contributed by atoms with Gasteiger partial charge in [-0.1, -0.05) is 11.6 Å². The van der Waals surface area contributed by atoms with E-state index in [-0.39, 0.29) is 0 Å². The second-order valence-corrected chi connectivity index (χ2v) is 4.80. The van der Waals surface area contributed by atoms with E-state index >= 15 is 0 Å². The summed E-state index contributed by atoms with van der Waals surface area (Å²) in [5.41, 5.74) is 0.422. The second-order valence-electron chi connectivity index (χ2n) is 3.51. The molecular formula is C11H10BrClN2O5. The predicted octanol–water partition coefficient (Wildman–Crippen LogP) is 1.85. The van der Waals surface area contributed by atoms with Gasteiger partial charge in [0.1, 0.15) is 13.2 Å². The number of carbonyl (C=O) groups excluding carboxylic acids is 2. The van der Waals surface area contributed by atoms with E-state index in [1.54, 1.807) is 18.2 Å². The molecule has 1 rings (SSSR count). The van der Waals surface area contributed by atoms with Gasteiger partial charge in [-0.05, 0) is 34.1 Å². The van der Waals surface area contributed by atoms with Crippen LogP contribution in [-0.4, -0.2) is 36.2 Å². The quantitative estimate of drug-likeness (QED) is 0.738. The van der Waals surface area contributed by atoms with Crippen molar-refractivity contribution >= 4 is 51.1 Å². The summed E-state index contributed by atoms with van der Waals surface area (Å²) in [7, 11) is 0.